The van der Waals surface area contributed by atoms with E-state index in [9.17, 15) is 0 Å². The Morgan fingerprint density at radius 2 is 1.89 bits per heavy atom. The van der Waals surface area contributed by atoms with Crippen molar-refractivity contribution in [3.05, 3.63) is 52.7 Å². The molecule has 0 aromatic heterocycles. The minimum absolute atomic E-state index is 0.0738. The first kappa shape index (κ1) is 19.6. The lowest BCUT2D eigenvalue weighted by atomic mass is 9.52. The number of benzene rings is 1. The Bertz CT molecular complexity index is 831. The molecule has 0 saturated carbocycles. The van der Waals surface area contributed by atoms with E-state index in [1.165, 1.54) is 29.8 Å². The summed E-state index contributed by atoms with van der Waals surface area (Å²) in [5.41, 5.74) is 7.41. The average molecular weight is 379 g/mol. The van der Waals surface area contributed by atoms with E-state index in [2.05, 4.69) is 89.5 Å². The van der Waals surface area contributed by atoms with Gasteiger partial charge in [0.2, 0.25) is 0 Å². The fraction of sp³-hybridized carbons (Fsp3) is 0.615. The summed E-state index contributed by atoms with van der Waals surface area (Å²) >= 11 is 0. The zero-order valence-electron chi connectivity index (χ0n) is 18.8. The maximum atomic E-state index is 4.03. The van der Waals surface area contributed by atoms with Gasteiger partial charge in [0.1, 0.15) is 5.66 Å². The quantitative estimate of drug-likeness (QED) is 0.608. The van der Waals surface area contributed by atoms with E-state index in [-0.39, 0.29) is 11.1 Å². The first-order chi connectivity index (χ1) is 13.3. The molecule has 3 aliphatic rings. The molecule has 152 valence electrons. The van der Waals surface area contributed by atoms with Gasteiger partial charge in [-0.2, -0.15) is 0 Å². The molecule has 2 aliphatic heterocycles. The van der Waals surface area contributed by atoms with Crippen molar-refractivity contribution in [1.82, 2.24) is 5.32 Å². The van der Waals surface area contributed by atoms with Gasteiger partial charge in [0, 0.05) is 16.8 Å². The second-order valence-corrected chi connectivity index (χ2v) is 10.2. The lowest BCUT2D eigenvalue weighted by molar-refractivity contribution is 0.102. The monoisotopic (exact) mass is 378 g/mol. The van der Waals surface area contributed by atoms with E-state index in [4.69, 9.17) is 0 Å². The first-order valence-electron chi connectivity index (χ1n) is 11.4. The lowest BCUT2D eigenvalue weighted by Crippen LogP contribution is -2.67. The topological polar surface area (TPSA) is 24.1 Å². The second-order valence-electron chi connectivity index (χ2n) is 10.2. The van der Waals surface area contributed by atoms with Crippen molar-refractivity contribution < 1.29 is 0 Å². The average Bonchev–Trinajstić information content (AvgIpc) is 2.87. The second kappa shape index (κ2) is 6.68. The van der Waals surface area contributed by atoms with Crippen LogP contribution in [0.25, 0.3) is 0 Å². The number of hydrogen-bond donors (Lipinski definition) is 2. The van der Waals surface area contributed by atoms with Crippen molar-refractivity contribution in [2.75, 3.05) is 5.32 Å². The Kier molecular flexibility index (Phi) is 4.68. The van der Waals surface area contributed by atoms with Gasteiger partial charge < -0.3 is 10.6 Å². The third kappa shape index (κ3) is 2.46. The highest BCUT2D eigenvalue weighted by Crippen LogP contribution is 2.62. The SMILES string of the molecule is CCCC12c3c(cccc3C(C)C)NC1(C)NC1=C(C(C)CC=C1)C2C(C)C. The molecule has 0 saturated heterocycles. The molecule has 0 amide bonds. The molecule has 4 rings (SSSR count). The Balaban J connectivity index is 2.06. The lowest BCUT2D eigenvalue weighted by Gasteiger charge is -2.57. The van der Waals surface area contributed by atoms with Gasteiger partial charge in [0.25, 0.3) is 0 Å². The number of nitrogens with one attached hydrogen (secondary N) is 2. The van der Waals surface area contributed by atoms with Gasteiger partial charge in [-0.3, -0.25) is 0 Å². The molecule has 1 aromatic rings. The fourth-order valence-electron chi connectivity index (χ4n) is 6.75. The van der Waals surface area contributed by atoms with Crippen LogP contribution in [0.4, 0.5) is 5.69 Å². The van der Waals surface area contributed by atoms with E-state index in [1.54, 1.807) is 11.1 Å². The summed E-state index contributed by atoms with van der Waals surface area (Å²) in [7, 11) is 0. The Morgan fingerprint density at radius 1 is 1.14 bits per heavy atom. The number of hydrogen-bond acceptors (Lipinski definition) is 2. The molecule has 28 heavy (non-hydrogen) atoms. The zero-order chi connectivity index (χ0) is 20.3. The molecule has 4 atom stereocenters. The predicted molar refractivity (Wildman–Crippen MR) is 121 cm³/mol. The predicted octanol–water partition coefficient (Wildman–Crippen LogP) is 6.72. The highest BCUT2D eigenvalue weighted by molar-refractivity contribution is 5.70. The molecule has 4 unspecified atom stereocenters. The maximum absolute atomic E-state index is 4.03. The van der Waals surface area contributed by atoms with Crippen LogP contribution in [-0.2, 0) is 5.41 Å². The van der Waals surface area contributed by atoms with Gasteiger partial charge in [0.05, 0.1) is 0 Å². The Hall–Kier alpha value is -1.70. The van der Waals surface area contributed by atoms with Gasteiger partial charge >= 0.3 is 0 Å². The van der Waals surface area contributed by atoms with Gasteiger partial charge in [-0.05, 0) is 72.3 Å². The summed E-state index contributed by atoms with van der Waals surface area (Å²) < 4.78 is 0. The maximum Gasteiger partial charge on any atom is 0.115 e. The smallest absolute Gasteiger partial charge is 0.115 e. The summed E-state index contributed by atoms with van der Waals surface area (Å²) in [6.45, 7) is 16.8. The standard InChI is InChI=1S/C26H38N2/c1-8-15-26-23(17(4)5)22-18(6)11-9-13-20(22)27-25(26,7)28-21-14-10-12-19(16(2)3)24(21)26/h9-10,12-14,16-18,23,27-28H,8,11,15H2,1-7H3. The van der Waals surface area contributed by atoms with Gasteiger partial charge in [-0.1, -0.05) is 66.2 Å². The Labute approximate surface area is 171 Å². The molecular weight excluding hydrogens is 340 g/mol. The van der Waals surface area contributed by atoms with E-state index >= 15 is 0 Å². The number of anilines is 1. The van der Waals surface area contributed by atoms with Crippen molar-refractivity contribution in [2.24, 2.45) is 17.8 Å². The number of fused-ring (bicyclic) bond motifs is 3. The molecule has 2 nitrogen and oxygen atoms in total. The largest absolute Gasteiger partial charge is 0.362 e. The van der Waals surface area contributed by atoms with E-state index in [1.807, 2.05) is 0 Å². The molecule has 0 fully saturated rings. The first-order valence-corrected chi connectivity index (χ1v) is 11.4. The van der Waals surface area contributed by atoms with Crippen LogP contribution in [0, 0.1) is 17.8 Å². The normalized spacial score (nSPS) is 33.5. The molecule has 2 heterocycles. The molecular formula is C26H38N2. The van der Waals surface area contributed by atoms with Crippen LogP contribution in [0.3, 0.4) is 0 Å². The van der Waals surface area contributed by atoms with Crippen LogP contribution in [0.15, 0.2) is 41.6 Å². The third-order valence-electron chi connectivity index (χ3n) is 7.62. The van der Waals surface area contributed by atoms with Gasteiger partial charge in [-0.15, -0.1) is 0 Å². The molecule has 2 heteroatoms. The molecule has 0 radical (unpaired) electrons. The van der Waals surface area contributed by atoms with Crippen LogP contribution >= 0.6 is 0 Å². The molecule has 0 bridgehead atoms. The summed E-state index contributed by atoms with van der Waals surface area (Å²) in [5.74, 6) is 2.27. The van der Waals surface area contributed by atoms with E-state index < -0.39 is 0 Å². The van der Waals surface area contributed by atoms with Gasteiger partial charge in [-0.25, -0.2) is 0 Å². The van der Waals surface area contributed by atoms with Crippen molar-refractivity contribution >= 4 is 5.69 Å². The summed E-state index contributed by atoms with van der Waals surface area (Å²) in [6.07, 6.45) is 8.26. The highest BCUT2D eigenvalue weighted by Gasteiger charge is 2.63. The van der Waals surface area contributed by atoms with Crippen molar-refractivity contribution in [2.45, 2.75) is 84.7 Å². The van der Waals surface area contributed by atoms with Crippen LogP contribution in [0.5, 0.6) is 0 Å². The fourth-order valence-corrected chi connectivity index (χ4v) is 6.75. The zero-order valence-corrected chi connectivity index (χ0v) is 18.8. The van der Waals surface area contributed by atoms with Crippen molar-refractivity contribution in [1.29, 1.82) is 0 Å². The molecule has 0 spiro atoms. The van der Waals surface area contributed by atoms with Crippen LogP contribution in [-0.4, -0.2) is 5.66 Å². The minimum Gasteiger partial charge on any atom is -0.362 e. The van der Waals surface area contributed by atoms with Crippen LogP contribution < -0.4 is 10.6 Å². The van der Waals surface area contributed by atoms with Crippen molar-refractivity contribution in [3.8, 4) is 0 Å². The van der Waals surface area contributed by atoms with Crippen molar-refractivity contribution in [3.63, 3.8) is 0 Å². The van der Waals surface area contributed by atoms with Crippen LogP contribution in [0.2, 0.25) is 0 Å². The Morgan fingerprint density at radius 3 is 2.54 bits per heavy atom. The summed E-state index contributed by atoms with van der Waals surface area (Å²) in [5, 5.41) is 8.02. The van der Waals surface area contributed by atoms with Gasteiger partial charge in [0.15, 0.2) is 0 Å². The number of allylic oxidation sites excluding steroid dienone is 3. The third-order valence-corrected chi connectivity index (χ3v) is 7.62. The molecule has 2 N–H and O–H groups in total. The number of rotatable bonds is 4. The summed E-state index contributed by atoms with van der Waals surface area (Å²) in [6, 6.07) is 6.92. The molecule has 1 aromatic carbocycles. The summed E-state index contributed by atoms with van der Waals surface area (Å²) in [4.78, 5) is 0. The van der Waals surface area contributed by atoms with Crippen LogP contribution in [0.1, 0.15) is 84.8 Å². The highest BCUT2D eigenvalue weighted by atomic mass is 15.3. The minimum atomic E-state index is -0.161. The van der Waals surface area contributed by atoms with E-state index in [0.29, 0.717) is 23.7 Å². The van der Waals surface area contributed by atoms with E-state index in [0.717, 1.165) is 6.42 Å². The molecule has 1 aliphatic carbocycles.